The second kappa shape index (κ2) is 7.35. The molecular weight excluding hydrogens is 290 g/mol. The van der Waals surface area contributed by atoms with Crippen LogP contribution in [0.3, 0.4) is 0 Å². The third kappa shape index (κ3) is 3.63. The number of aromatic nitrogens is 2. The Bertz CT molecular complexity index is 709. The van der Waals surface area contributed by atoms with Crippen molar-refractivity contribution in [2.75, 3.05) is 11.9 Å². The van der Waals surface area contributed by atoms with Crippen LogP contribution in [-0.2, 0) is 0 Å². The van der Waals surface area contributed by atoms with E-state index in [9.17, 15) is 0 Å². The quantitative estimate of drug-likeness (QED) is 0.710. The van der Waals surface area contributed by atoms with Crippen LogP contribution < -0.4 is 16.2 Å². The van der Waals surface area contributed by atoms with Crippen molar-refractivity contribution in [3.8, 4) is 0 Å². The highest BCUT2D eigenvalue weighted by Crippen LogP contribution is 2.13. The molecule has 1 aliphatic rings. The minimum atomic E-state index is 0.573. The van der Waals surface area contributed by atoms with Gasteiger partial charge in [-0.1, -0.05) is 19.4 Å². The second-order valence-corrected chi connectivity index (χ2v) is 5.04. The van der Waals surface area contributed by atoms with Crippen molar-refractivity contribution in [2.24, 2.45) is 10.2 Å². The topological polar surface area (TPSA) is 86.6 Å². The van der Waals surface area contributed by atoms with Crippen molar-refractivity contribution in [1.82, 2.24) is 20.8 Å². The molecule has 0 radical (unpaired) electrons. The standard InChI is InChI=1S/C16H19N7/c1-2-3-9-17-12-8-6-11-19-14(12)16-22-20-15(21-23-16)13-7-4-5-10-18-13/h4-8,10-11,17H,2-3,9H2,1H3,(H,20,21)(H,22,23). The van der Waals surface area contributed by atoms with Crippen molar-refractivity contribution >= 4 is 17.4 Å². The Morgan fingerprint density at radius 3 is 2.52 bits per heavy atom. The normalized spacial score (nSPS) is 13.4. The Labute approximate surface area is 134 Å². The zero-order chi connectivity index (χ0) is 15.9. The van der Waals surface area contributed by atoms with E-state index in [1.165, 1.54) is 0 Å². The second-order valence-electron chi connectivity index (χ2n) is 5.04. The molecule has 0 saturated carbocycles. The first-order chi connectivity index (χ1) is 11.4. The molecule has 2 aromatic heterocycles. The fraction of sp³-hybridized carbons (Fsp3) is 0.250. The van der Waals surface area contributed by atoms with Crippen molar-refractivity contribution in [3.63, 3.8) is 0 Å². The summed E-state index contributed by atoms with van der Waals surface area (Å²) in [7, 11) is 0. The summed E-state index contributed by atoms with van der Waals surface area (Å²) in [6, 6.07) is 9.52. The first-order valence-electron chi connectivity index (χ1n) is 7.66. The lowest BCUT2D eigenvalue weighted by Crippen LogP contribution is -2.35. The maximum Gasteiger partial charge on any atom is 0.194 e. The summed E-state index contributed by atoms with van der Waals surface area (Å²) >= 11 is 0. The largest absolute Gasteiger partial charge is 0.383 e. The van der Waals surface area contributed by atoms with Crippen LogP contribution in [0.4, 0.5) is 5.69 Å². The number of anilines is 1. The average Bonchev–Trinajstić information content (AvgIpc) is 2.63. The summed E-state index contributed by atoms with van der Waals surface area (Å²) in [6.45, 7) is 3.06. The summed E-state index contributed by atoms with van der Waals surface area (Å²) in [5, 5.41) is 12.0. The zero-order valence-corrected chi connectivity index (χ0v) is 13.0. The van der Waals surface area contributed by atoms with E-state index >= 15 is 0 Å². The SMILES string of the molecule is CCCCNc1cccnc1C1=NNC(c2ccccn2)=NN1. The minimum absolute atomic E-state index is 0.573. The van der Waals surface area contributed by atoms with Crippen LogP contribution in [0.1, 0.15) is 31.2 Å². The van der Waals surface area contributed by atoms with Gasteiger partial charge in [-0.25, -0.2) is 0 Å². The van der Waals surface area contributed by atoms with E-state index in [2.05, 4.69) is 43.3 Å². The number of hydrogen-bond acceptors (Lipinski definition) is 7. The van der Waals surface area contributed by atoms with Crippen LogP contribution in [0, 0.1) is 0 Å². The fourth-order valence-electron chi connectivity index (χ4n) is 2.13. The van der Waals surface area contributed by atoms with Gasteiger partial charge in [0.05, 0.1) is 5.69 Å². The van der Waals surface area contributed by atoms with E-state index < -0.39 is 0 Å². The molecule has 0 aliphatic carbocycles. The van der Waals surface area contributed by atoms with Gasteiger partial charge in [0.1, 0.15) is 11.4 Å². The van der Waals surface area contributed by atoms with Gasteiger partial charge in [-0.2, -0.15) is 10.2 Å². The highest BCUT2D eigenvalue weighted by atomic mass is 15.5. The van der Waals surface area contributed by atoms with Gasteiger partial charge in [-0.3, -0.25) is 20.8 Å². The van der Waals surface area contributed by atoms with Gasteiger partial charge in [0, 0.05) is 18.9 Å². The lowest BCUT2D eigenvalue weighted by Gasteiger charge is -2.16. The smallest absolute Gasteiger partial charge is 0.194 e. The number of hydrazone groups is 2. The first kappa shape index (κ1) is 15.0. The molecule has 3 heterocycles. The highest BCUT2D eigenvalue weighted by molar-refractivity contribution is 6.06. The molecule has 0 unspecified atom stereocenters. The van der Waals surface area contributed by atoms with Gasteiger partial charge >= 0.3 is 0 Å². The first-order valence-corrected chi connectivity index (χ1v) is 7.66. The molecule has 118 valence electrons. The van der Waals surface area contributed by atoms with Gasteiger partial charge in [-0.15, -0.1) is 0 Å². The molecule has 7 heteroatoms. The molecule has 0 amide bonds. The molecule has 0 aromatic carbocycles. The Balaban J connectivity index is 1.73. The van der Waals surface area contributed by atoms with Gasteiger partial charge in [0.15, 0.2) is 11.7 Å². The monoisotopic (exact) mass is 309 g/mol. The third-order valence-electron chi connectivity index (χ3n) is 3.33. The van der Waals surface area contributed by atoms with Crippen molar-refractivity contribution in [2.45, 2.75) is 19.8 Å². The molecule has 0 fully saturated rings. The van der Waals surface area contributed by atoms with Crippen LogP contribution in [0.15, 0.2) is 52.9 Å². The molecule has 23 heavy (non-hydrogen) atoms. The summed E-state index contributed by atoms with van der Waals surface area (Å²) in [5.41, 5.74) is 8.27. The summed E-state index contributed by atoms with van der Waals surface area (Å²) in [6.07, 6.45) is 5.70. The number of pyridine rings is 2. The maximum absolute atomic E-state index is 4.40. The van der Waals surface area contributed by atoms with E-state index in [1.54, 1.807) is 12.4 Å². The summed E-state index contributed by atoms with van der Waals surface area (Å²) < 4.78 is 0. The minimum Gasteiger partial charge on any atom is -0.383 e. The Morgan fingerprint density at radius 2 is 1.78 bits per heavy atom. The van der Waals surface area contributed by atoms with Gasteiger partial charge in [0.25, 0.3) is 0 Å². The highest BCUT2D eigenvalue weighted by Gasteiger charge is 2.15. The molecule has 0 saturated heterocycles. The molecule has 0 spiro atoms. The van der Waals surface area contributed by atoms with Crippen LogP contribution in [-0.4, -0.2) is 28.2 Å². The van der Waals surface area contributed by atoms with Crippen molar-refractivity contribution < 1.29 is 0 Å². The average molecular weight is 309 g/mol. The molecule has 2 aromatic rings. The lowest BCUT2D eigenvalue weighted by atomic mass is 10.2. The molecule has 0 bridgehead atoms. The van der Waals surface area contributed by atoms with Crippen LogP contribution in [0.25, 0.3) is 0 Å². The van der Waals surface area contributed by atoms with E-state index in [4.69, 9.17) is 0 Å². The Hall–Kier alpha value is -2.96. The Kier molecular flexibility index (Phi) is 4.78. The summed E-state index contributed by atoms with van der Waals surface area (Å²) in [4.78, 5) is 8.64. The number of nitrogens with zero attached hydrogens (tertiary/aromatic N) is 4. The predicted octanol–water partition coefficient (Wildman–Crippen LogP) is 1.90. The maximum atomic E-state index is 4.40. The summed E-state index contributed by atoms with van der Waals surface area (Å²) in [5.74, 6) is 1.15. The lowest BCUT2D eigenvalue weighted by molar-refractivity contribution is 0.832. The van der Waals surface area contributed by atoms with E-state index in [0.29, 0.717) is 11.7 Å². The predicted molar refractivity (Wildman–Crippen MR) is 91.2 cm³/mol. The molecule has 0 atom stereocenters. The zero-order valence-electron chi connectivity index (χ0n) is 13.0. The number of nitrogens with one attached hydrogen (secondary N) is 3. The number of hydrogen-bond donors (Lipinski definition) is 3. The third-order valence-corrected chi connectivity index (χ3v) is 3.33. The van der Waals surface area contributed by atoms with Crippen molar-refractivity contribution in [3.05, 3.63) is 54.1 Å². The van der Waals surface area contributed by atoms with E-state index in [-0.39, 0.29) is 0 Å². The number of amidine groups is 2. The van der Waals surface area contributed by atoms with Gasteiger partial charge in [0.2, 0.25) is 0 Å². The molecule has 7 nitrogen and oxygen atoms in total. The van der Waals surface area contributed by atoms with E-state index in [1.807, 2.05) is 30.3 Å². The Morgan fingerprint density at radius 1 is 0.957 bits per heavy atom. The van der Waals surface area contributed by atoms with E-state index in [0.717, 1.165) is 36.5 Å². The molecular formula is C16H19N7. The van der Waals surface area contributed by atoms with Crippen LogP contribution >= 0.6 is 0 Å². The van der Waals surface area contributed by atoms with Gasteiger partial charge < -0.3 is 5.32 Å². The van der Waals surface area contributed by atoms with Crippen molar-refractivity contribution in [1.29, 1.82) is 0 Å². The molecule has 1 aliphatic heterocycles. The molecule has 3 N–H and O–H groups in total. The molecule has 3 rings (SSSR count). The number of unbranched alkanes of at least 4 members (excludes halogenated alkanes) is 1. The van der Waals surface area contributed by atoms with Crippen LogP contribution in [0.2, 0.25) is 0 Å². The van der Waals surface area contributed by atoms with Crippen LogP contribution in [0.5, 0.6) is 0 Å². The number of rotatable bonds is 6. The fourth-order valence-corrected chi connectivity index (χ4v) is 2.13. The van der Waals surface area contributed by atoms with Gasteiger partial charge in [-0.05, 0) is 30.7 Å².